The van der Waals surface area contributed by atoms with E-state index in [4.69, 9.17) is 0 Å². The molecule has 6 heteroatoms. The molecular formula is C11H18F4N2. The van der Waals surface area contributed by atoms with Gasteiger partial charge in [-0.1, -0.05) is 0 Å². The molecule has 0 aromatic heterocycles. The van der Waals surface area contributed by atoms with Crippen LogP contribution in [0.4, 0.5) is 17.6 Å². The minimum absolute atomic E-state index is 0.0378. The summed E-state index contributed by atoms with van der Waals surface area (Å²) in [5.74, 6) is -3.88. The number of piperidine rings is 1. The zero-order valence-corrected chi connectivity index (χ0v) is 9.80. The highest BCUT2D eigenvalue weighted by atomic mass is 19.3. The van der Waals surface area contributed by atoms with E-state index in [0.717, 1.165) is 25.7 Å². The van der Waals surface area contributed by atoms with E-state index in [9.17, 15) is 17.6 Å². The van der Waals surface area contributed by atoms with Crippen LogP contribution in [0.1, 0.15) is 25.7 Å². The molecule has 2 aliphatic rings. The summed E-state index contributed by atoms with van der Waals surface area (Å²) in [6, 6.07) is 0.413. The first-order valence-corrected chi connectivity index (χ1v) is 6.03. The molecule has 0 radical (unpaired) electrons. The van der Waals surface area contributed by atoms with Gasteiger partial charge in [-0.3, -0.25) is 4.90 Å². The molecule has 2 fully saturated rings. The van der Waals surface area contributed by atoms with Crippen molar-refractivity contribution >= 4 is 0 Å². The van der Waals surface area contributed by atoms with Crippen LogP contribution in [0.3, 0.4) is 0 Å². The molecule has 17 heavy (non-hydrogen) atoms. The van der Waals surface area contributed by atoms with Crippen molar-refractivity contribution in [2.45, 2.75) is 56.2 Å². The van der Waals surface area contributed by atoms with Gasteiger partial charge in [0, 0.05) is 18.1 Å². The average molecular weight is 254 g/mol. The van der Waals surface area contributed by atoms with Gasteiger partial charge in [-0.05, 0) is 32.7 Å². The first kappa shape index (κ1) is 13.1. The van der Waals surface area contributed by atoms with Crippen molar-refractivity contribution in [3.05, 3.63) is 0 Å². The Balaban J connectivity index is 2.00. The monoisotopic (exact) mass is 254 g/mol. The number of fused-ring (bicyclic) bond motifs is 2. The maximum Gasteiger partial charge on any atom is 0.319 e. The quantitative estimate of drug-likeness (QED) is 0.773. The molecule has 2 unspecified atom stereocenters. The fourth-order valence-corrected chi connectivity index (χ4v) is 3.08. The molecule has 1 N–H and O–H groups in total. The molecule has 0 amide bonds. The summed E-state index contributed by atoms with van der Waals surface area (Å²) in [5, 5.41) is 3.15. The van der Waals surface area contributed by atoms with E-state index in [2.05, 4.69) is 5.32 Å². The van der Waals surface area contributed by atoms with Crippen LogP contribution in [0.5, 0.6) is 0 Å². The molecule has 2 saturated heterocycles. The molecule has 2 aliphatic heterocycles. The number of halogens is 4. The maximum absolute atomic E-state index is 13.1. The van der Waals surface area contributed by atoms with Crippen molar-refractivity contribution < 1.29 is 17.6 Å². The third-order valence-electron chi connectivity index (χ3n) is 4.01. The lowest BCUT2D eigenvalue weighted by Gasteiger charge is -2.40. The second-order valence-corrected chi connectivity index (χ2v) is 5.08. The standard InChI is InChI=1S/C11H18F4N2/c1-16-7-4-8-2-3-9(5-7)17(8)6-11(14,15)10(12)13/h7-10,16H,2-6H2,1H3. The molecule has 0 aliphatic carbocycles. The predicted molar refractivity (Wildman–Crippen MR) is 56.5 cm³/mol. The lowest BCUT2D eigenvalue weighted by atomic mass is 9.97. The molecule has 0 saturated carbocycles. The third-order valence-corrected chi connectivity index (χ3v) is 4.01. The number of rotatable bonds is 4. The fourth-order valence-electron chi connectivity index (χ4n) is 3.08. The molecule has 2 bridgehead atoms. The molecule has 2 atom stereocenters. The number of hydrogen-bond acceptors (Lipinski definition) is 2. The van der Waals surface area contributed by atoms with Crippen LogP contribution >= 0.6 is 0 Å². The minimum atomic E-state index is -3.88. The fraction of sp³-hybridized carbons (Fsp3) is 1.00. The van der Waals surface area contributed by atoms with E-state index in [-0.39, 0.29) is 12.1 Å². The van der Waals surface area contributed by atoms with Crippen LogP contribution in [0, 0.1) is 0 Å². The molecule has 2 rings (SSSR count). The Labute approximate surface area is 98.3 Å². The number of hydrogen-bond donors (Lipinski definition) is 1. The lowest BCUT2D eigenvalue weighted by molar-refractivity contribution is -0.150. The van der Waals surface area contributed by atoms with Gasteiger partial charge >= 0.3 is 12.3 Å². The Morgan fingerprint density at radius 1 is 1.24 bits per heavy atom. The normalized spacial score (nSPS) is 34.6. The molecule has 0 aromatic carbocycles. The van der Waals surface area contributed by atoms with Crippen LogP contribution < -0.4 is 5.32 Å². The van der Waals surface area contributed by atoms with Gasteiger partial charge in [0.25, 0.3) is 0 Å². The van der Waals surface area contributed by atoms with Crippen molar-refractivity contribution in [2.24, 2.45) is 0 Å². The maximum atomic E-state index is 13.1. The van der Waals surface area contributed by atoms with Gasteiger partial charge in [-0.25, -0.2) is 8.78 Å². The number of nitrogens with zero attached hydrogens (tertiary/aromatic N) is 1. The highest BCUT2D eigenvalue weighted by Crippen LogP contribution is 2.38. The van der Waals surface area contributed by atoms with E-state index in [0.29, 0.717) is 6.04 Å². The van der Waals surface area contributed by atoms with Crippen LogP contribution in [0.15, 0.2) is 0 Å². The summed E-state index contributed by atoms with van der Waals surface area (Å²) in [6.07, 6.45) is -0.299. The zero-order valence-electron chi connectivity index (χ0n) is 9.80. The van der Waals surface area contributed by atoms with Gasteiger partial charge < -0.3 is 5.32 Å². The van der Waals surface area contributed by atoms with Crippen LogP contribution in [0.2, 0.25) is 0 Å². The summed E-state index contributed by atoms with van der Waals surface area (Å²) in [6.45, 7) is -0.795. The van der Waals surface area contributed by atoms with E-state index < -0.39 is 18.9 Å². The smallest absolute Gasteiger partial charge is 0.317 e. The Kier molecular flexibility index (Phi) is 3.63. The third kappa shape index (κ3) is 2.57. The van der Waals surface area contributed by atoms with Gasteiger partial charge in [-0.15, -0.1) is 0 Å². The Morgan fingerprint density at radius 2 is 1.76 bits per heavy atom. The molecule has 100 valence electrons. The molecule has 2 nitrogen and oxygen atoms in total. The summed E-state index contributed by atoms with van der Waals surface area (Å²) in [7, 11) is 1.85. The Hall–Kier alpha value is -0.360. The topological polar surface area (TPSA) is 15.3 Å². The lowest BCUT2D eigenvalue weighted by Crippen LogP contribution is -2.53. The van der Waals surface area contributed by atoms with Crippen LogP contribution in [-0.2, 0) is 0 Å². The van der Waals surface area contributed by atoms with E-state index in [1.807, 2.05) is 7.05 Å². The molecule has 2 heterocycles. The van der Waals surface area contributed by atoms with E-state index in [1.165, 1.54) is 0 Å². The van der Waals surface area contributed by atoms with Crippen molar-refractivity contribution in [1.29, 1.82) is 0 Å². The van der Waals surface area contributed by atoms with E-state index in [1.54, 1.807) is 4.90 Å². The summed E-state index contributed by atoms with van der Waals surface area (Å²) in [5.41, 5.74) is 0. The van der Waals surface area contributed by atoms with Crippen molar-refractivity contribution in [3.63, 3.8) is 0 Å². The first-order valence-electron chi connectivity index (χ1n) is 6.03. The first-order chi connectivity index (χ1) is 7.94. The van der Waals surface area contributed by atoms with Crippen LogP contribution in [-0.4, -0.2) is 49.0 Å². The van der Waals surface area contributed by atoms with Crippen LogP contribution in [0.25, 0.3) is 0 Å². The van der Waals surface area contributed by atoms with Gasteiger partial charge in [0.2, 0.25) is 0 Å². The van der Waals surface area contributed by atoms with E-state index >= 15 is 0 Å². The second kappa shape index (κ2) is 4.72. The number of alkyl halides is 4. The second-order valence-electron chi connectivity index (χ2n) is 5.08. The molecular weight excluding hydrogens is 236 g/mol. The predicted octanol–water partition coefficient (Wildman–Crippen LogP) is 2.10. The zero-order chi connectivity index (χ0) is 12.6. The summed E-state index contributed by atoms with van der Waals surface area (Å²) in [4.78, 5) is 1.60. The molecule has 0 aromatic rings. The minimum Gasteiger partial charge on any atom is -0.317 e. The van der Waals surface area contributed by atoms with Crippen molar-refractivity contribution in [3.8, 4) is 0 Å². The Bertz CT molecular complexity index is 258. The average Bonchev–Trinajstić information content (AvgIpc) is 2.51. The Morgan fingerprint density at radius 3 is 2.18 bits per heavy atom. The largest absolute Gasteiger partial charge is 0.319 e. The SMILES string of the molecule is CNC1CC2CCC(C1)N2CC(F)(F)C(F)F. The summed E-state index contributed by atoms with van der Waals surface area (Å²) < 4.78 is 50.5. The summed E-state index contributed by atoms with van der Waals surface area (Å²) >= 11 is 0. The molecule has 0 spiro atoms. The van der Waals surface area contributed by atoms with Gasteiger partial charge in [0.15, 0.2) is 0 Å². The highest BCUT2D eigenvalue weighted by Gasteiger charge is 2.48. The van der Waals surface area contributed by atoms with Gasteiger partial charge in [0.1, 0.15) is 0 Å². The van der Waals surface area contributed by atoms with Crippen molar-refractivity contribution in [1.82, 2.24) is 10.2 Å². The number of nitrogens with one attached hydrogen (secondary N) is 1. The van der Waals surface area contributed by atoms with Crippen molar-refractivity contribution in [2.75, 3.05) is 13.6 Å². The highest BCUT2D eigenvalue weighted by molar-refractivity contribution is 4.98. The van der Waals surface area contributed by atoms with Gasteiger partial charge in [-0.2, -0.15) is 8.78 Å². The van der Waals surface area contributed by atoms with Gasteiger partial charge in [0.05, 0.1) is 6.54 Å².